The van der Waals surface area contributed by atoms with E-state index in [1.54, 1.807) is 0 Å². The number of phosphoric ester groups is 1. The van der Waals surface area contributed by atoms with Crippen LogP contribution in [0.1, 0.15) is 79.1 Å². The van der Waals surface area contributed by atoms with Gasteiger partial charge in [-0.3, -0.25) is 9.05 Å². The molecular weight excluding hydrogens is 310 g/mol. The van der Waals surface area contributed by atoms with Gasteiger partial charge in [0.1, 0.15) is 0 Å². The van der Waals surface area contributed by atoms with Gasteiger partial charge in [0.05, 0.1) is 13.2 Å². The van der Waals surface area contributed by atoms with Gasteiger partial charge in [0.15, 0.2) is 0 Å². The smallest absolute Gasteiger partial charge is 0.302 e. The molecule has 1 radical (unpaired) electrons. The second-order valence-electron chi connectivity index (χ2n) is 5.89. The number of unbranched alkanes of at least 4 members (excludes halogenated alkanes) is 2. The van der Waals surface area contributed by atoms with Crippen molar-refractivity contribution < 1.29 is 18.5 Å². The van der Waals surface area contributed by atoms with Gasteiger partial charge >= 0.3 is 7.82 Å². The molecule has 2 unspecified atom stereocenters. The Morgan fingerprint density at radius 3 is 1.50 bits per heavy atom. The summed E-state index contributed by atoms with van der Waals surface area (Å²) >= 11 is 0. The molecule has 6 heteroatoms. The van der Waals surface area contributed by atoms with Crippen LogP contribution in [-0.2, 0) is 13.6 Å². The molecule has 22 heavy (non-hydrogen) atoms. The van der Waals surface area contributed by atoms with Crippen LogP contribution in [-0.4, -0.2) is 47.7 Å². The van der Waals surface area contributed by atoms with Crippen molar-refractivity contribution in [3.8, 4) is 0 Å². The molecule has 0 saturated heterocycles. The third kappa shape index (κ3) is 13.5. The predicted molar refractivity (Wildman–Crippen MR) is 94.1 cm³/mol. The Morgan fingerprint density at radius 2 is 1.23 bits per heavy atom. The third-order valence-corrected chi connectivity index (χ3v) is 4.98. The van der Waals surface area contributed by atoms with Gasteiger partial charge < -0.3 is 4.89 Å². The second kappa shape index (κ2) is 15.6. The van der Waals surface area contributed by atoms with E-state index < -0.39 is 7.82 Å². The molecule has 0 fully saturated rings. The molecule has 0 aliphatic carbocycles. The molecule has 2 atom stereocenters. The first-order valence-corrected chi connectivity index (χ1v) is 10.1. The minimum atomic E-state index is -3.89. The fourth-order valence-corrected chi connectivity index (χ4v) is 3.11. The maximum Gasteiger partial charge on any atom is 0.472 e. The first-order chi connectivity index (χ1) is 9.99. The third-order valence-electron chi connectivity index (χ3n) is 4.03. The first kappa shape index (κ1) is 25.4. The van der Waals surface area contributed by atoms with Crippen LogP contribution >= 0.6 is 7.82 Å². The van der Waals surface area contributed by atoms with Crippen LogP contribution in [0.4, 0.5) is 0 Å². The molecule has 1 N–H and O–H groups in total. The molecule has 0 saturated carbocycles. The van der Waals surface area contributed by atoms with Crippen molar-refractivity contribution in [3.05, 3.63) is 0 Å². The van der Waals surface area contributed by atoms with Crippen LogP contribution < -0.4 is 0 Å². The van der Waals surface area contributed by atoms with Crippen molar-refractivity contribution in [2.75, 3.05) is 13.2 Å². The van der Waals surface area contributed by atoms with Crippen molar-refractivity contribution in [2.45, 2.75) is 79.1 Å². The fourth-order valence-electron chi connectivity index (χ4n) is 2.23. The Labute approximate surface area is 159 Å². The van der Waals surface area contributed by atoms with Crippen LogP contribution in [0.25, 0.3) is 0 Å². The fraction of sp³-hybridized carbons (Fsp3) is 1.00. The normalized spacial score (nSPS) is 16.6. The maximum atomic E-state index is 11.9. The molecule has 0 heterocycles. The molecule has 4 nitrogen and oxygen atoms in total. The zero-order chi connectivity index (χ0) is 16.1. The van der Waals surface area contributed by atoms with Gasteiger partial charge in [0, 0.05) is 29.6 Å². The SMILES string of the molecule is CCCCC(CC)COP(=O)(O)OCC(CC)CCCC.[Na]. The Hall–Kier alpha value is 1.11. The molecule has 0 aromatic carbocycles. The van der Waals surface area contributed by atoms with Crippen molar-refractivity contribution in [3.63, 3.8) is 0 Å². The van der Waals surface area contributed by atoms with Gasteiger partial charge in [0.2, 0.25) is 0 Å². The summed E-state index contributed by atoms with van der Waals surface area (Å²) in [5.74, 6) is 0.687. The minimum absolute atomic E-state index is 0. The van der Waals surface area contributed by atoms with Crippen LogP contribution in [0.5, 0.6) is 0 Å². The zero-order valence-corrected chi connectivity index (χ0v) is 18.2. The van der Waals surface area contributed by atoms with Crippen LogP contribution in [0, 0.1) is 11.8 Å². The van der Waals surface area contributed by atoms with Gasteiger partial charge in [-0.05, 0) is 24.7 Å². The minimum Gasteiger partial charge on any atom is -0.302 e. The molecule has 0 rings (SSSR count). The Balaban J connectivity index is 0. The van der Waals surface area contributed by atoms with Crippen molar-refractivity contribution >= 4 is 37.4 Å². The van der Waals surface area contributed by atoms with E-state index in [4.69, 9.17) is 9.05 Å². The van der Waals surface area contributed by atoms with Crippen molar-refractivity contribution in [2.24, 2.45) is 11.8 Å². The second-order valence-corrected chi connectivity index (χ2v) is 7.35. The first-order valence-electron chi connectivity index (χ1n) is 8.60. The molecule has 0 aromatic rings. The number of rotatable bonds is 14. The van der Waals surface area contributed by atoms with Gasteiger partial charge in [0.25, 0.3) is 0 Å². The largest absolute Gasteiger partial charge is 0.472 e. The summed E-state index contributed by atoms with van der Waals surface area (Å²) in [5.41, 5.74) is 0. The molecule has 0 amide bonds. The van der Waals surface area contributed by atoms with Gasteiger partial charge in [-0.2, -0.15) is 0 Å². The van der Waals surface area contributed by atoms with E-state index >= 15 is 0 Å². The zero-order valence-electron chi connectivity index (χ0n) is 15.3. The molecule has 0 aromatic heterocycles. The topological polar surface area (TPSA) is 55.8 Å². The molecular formula is C16H35NaO4P. The van der Waals surface area contributed by atoms with Gasteiger partial charge in [-0.1, -0.05) is 66.2 Å². The predicted octanol–water partition coefficient (Wildman–Crippen LogP) is 5.17. The van der Waals surface area contributed by atoms with Crippen molar-refractivity contribution in [1.82, 2.24) is 0 Å². The van der Waals surface area contributed by atoms with Gasteiger partial charge in [-0.25, -0.2) is 4.57 Å². The van der Waals surface area contributed by atoms with E-state index in [0.29, 0.717) is 25.0 Å². The van der Waals surface area contributed by atoms with Crippen LogP contribution in [0.2, 0.25) is 0 Å². The van der Waals surface area contributed by atoms with Gasteiger partial charge in [-0.15, -0.1) is 0 Å². The van der Waals surface area contributed by atoms with Crippen LogP contribution in [0.15, 0.2) is 0 Å². The average Bonchev–Trinajstić information content (AvgIpc) is 2.47. The van der Waals surface area contributed by atoms with E-state index in [9.17, 15) is 9.46 Å². The average molecular weight is 345 g/mol. The number of hydrogen-bond donors (Lipinski definition) is 1. The summed E-state index contributed by atoms with van der Waals surface area (Å²) in [5, 5.41) is 0. The Morgan fingerprint density at radius 1 is 0.864 bits per heavy atom. The summed E-state index contributed by atoms with van der Waals surface area (Å²) in [7, 11) is -3.89. The summed E-state index contributed by atoms with van der Waals surface area (Å²) in [6.45, 7) is 9.10. The van der Waals surface area contributed by atoms with E-state index in [-0.39, 0.29) is 29.6 Å². The summed E-state index contributed by atoms with van der Waals surface area (Å²) in [6.07, 6.45) is 8.56. The molecule has 0 bridgehead atoms. The van der Waals surface area contributed by atoms with Crippen LogP contribution in [0.3, 0.4) is 0 Å². The Kier molecular flexibility index (Phi) is 18.0. The number of hydrogen-bond acceptors (Lipinski definition) is 3. The summed E-state index contributed by atoms with van der Waals surface area (Å²) in [4.78, 5) is 9.77. The summed E-state index contributed by atoms with van der Waals surface area (Å²) < 4.78 is 22.2. The van der Waals surface area contributed by atoms with Crippen molar-refractivity contribution in [1.29, 1.82) is 0 Å². The standard InChI is InChI=1S/C16H35O4P.Na/c1-5-9-11-15(7-3)13-19-21(17,18)20-14-16(8-4)12-10-6-2;/h15-16H,5-14H2,1-4H3,(H,17,18);. The molecule has 0 aliphatic rings. The molecule has 0 aliphatic heterocycles. The van der Waals surface area contributed by atoms with E-state index in [0.717, 1.165) is 51.4 Å². The molecule has 0 spiro atoms. The van der Waals surface area contributed by atoms with E-state index in [1.807, 2.05) is 0 Å². The number of phosphoric acid groups is 1. The monoisotopic (exact) mass is 345 g/mol. The maximum absolute atomic E-state index is 11.9. The summed E-state index contributed by atoms with van der Waals surface area (Å²) in [6, 6.07) is 0. The van der Waals surface area contributed by atoms with E-state index in [2.05, 4.69) is 27.7 Å². The Bertz CT molecular complexity index is 265. The quantitative estimate of drug-likeness (QED) is 0.348. The molecule has 129 valence electrons. The van der Waals surface area contributed by atoms with E-state index in [1.165, 1.54) is 0 Å².